The Kier molecular flexibility index (Phi) is 7.89. The van der Waals surface area contributed by atoms with Crippen molar-refractivity contribution in [1.29, 1.82) is 0 Å². The maximum absolute atomic E-state index is 11.8. The lowest BCUT2D eigenvalue weighted by Gasteiger charge is -2.11. The molecule has 0 aliphatic carbocycles. The number of amides is 2. The highest BCUT2D eigenvalue weighted by Crippen LogP contribution is 2.04. The molecule has 0 spiro atoms. The molecule has 1 unspecified atom stereocenters. The summed E-state index contributed by atoms with van der Waals surface area (Å²) in [7, 11) is 0. The van der Waals surface area contributed by atoms with Crippen LogP contribution in [-0.2, 0) is 9.59 Å². The molecule has 5 nitrogen and oxygen atoms in total. The van der Waals surface area contributed by atoms with E-state index in [1.807, 2.05) is 19.9 Å². The Bertz CT molecular complexity index is 500. The van der Waals surface area contributed by atoms with E-state index in [1.54, 1.807) is 24.3 Å². The fraction of sp³-hybridized carbons (Fsp3) is 0.471. The van der Waals surface area contributed by atoms with Gasteiger partial charge in [-0.1, -0.05) is 37.3 Å². The summed E-state index contributed by atoms with van der Waals surface area (Å²) >= 11 is 0. The first-order valence-electron chi connectivity index (χ1n) is 7.67. The van der Waals surface area contributed by atoms with Gasteiger partial charge in [-0.25, -0.2) is 0 Å². The molecule has 0 fully saturated rings. The monoisotopic (exact) mass is 304 g/mol. The molecule has 22 heavy (non-hydrogen) atoms. The molecule has 2 N–H and O–H groups in total. The second kappa shape index (κ2) is 9.71. The molecule has 120 valence electrons. The van der Waals surface area contributed by atoms with E-state index >= 15 is 0 Å². The number of carbonyl (C=O) groups excluding carboxylic acids is 3. The van der Waals surface area contributed by atoms with Gasteiger partial charge in [0, 0.05) is 37.4 Å². The van der Waals surface area contributed by atoms with E-state index < -0.39 is 0 Å². The minimum absolute atomic E-state index is 0.0507. The topological polar surface area (TPSA) is 75.3 Å². The van der Waals surface area contributed by atoms with Crippen molar-refractivity contribution >= 4 is 17.6 Å². The molecule has 0 heterocycles. The third kappa shape index (κ3) is 7.02. The predicted molar refractivity (Wildman–Crippen MR) is 85.5 cm³/mol. The molecule has 2 amide bonds. The second-order valence-corrected chi connectivity index (χ2v) is 5.27. The molecule has 1 aromatic rings. The summed E-state index contributed by atoms with van der Waals surface area (Å²) < 4.78 is 0. The van der Waals surface area contributed by atoms with Gasteiger partial charge >= 0.3 is 0 Å². The largest absolute Gasteiger partial charge is 0.356 e. The van der Waals surface area contributed by atoms with E-state index in [0.29, 0.717) is 12.1 Å². The number of hydrogen-bond donors (Lipinski definition) is 2. The van der Waals surface area contributed by atoms with Crippen molar-refractivity contribution in [2.75, 3.05) is 6.54 Å². The summed E-state index contributed by atoms with van der Waals surface area (Å²) in [6, 6.07) is 9.05. The van der Waals surface area contributed by atoms with Gasteiger partial charge < -0.3 is 10.6 Å². The van der Waals surface area contributed by atoms with Crippen molar-refractivity contribution in [3.63, 3.8) is 0 Å². The standard InChI is InChI=1S/C17H24N2O3/c1-3-13(2)19-17(22)11-12-18-16(21)10-9-15(20)14-7-5-4-6-8-14/h4-8,13H,3,9-12H2,1-2H3,(H,18,21)(H,19,22). The number of nitrogens with one attached hydrogen (secondary N) is 2. The predicted octanol–water partition coefficient (Wildman–Crippen LogP) is 2.07. The van der Waals surface area contributed by atoms with Crippen molar-refractivity contribution in [3.8, 4) is 0 Å². The zero-order chi connectivity index (χ0) is 16.4. The van der Waals surface area contributed by atoms with Crippen molar-refractivity contribution in [2.45, 2.75) is 45.6 Å². The fourth-order valence-electron chi connectivity index (χ4n) is 1.85. The van der Waals surface area contributed by atoms with Gasteiger partial charge in [0.1, 0.15) is 0 Å². The molecule has 5 heteroatoms. The highest BCUT2D eigenvalue weighted by Gasteiger charge is 2.10. The molecule has 0 aromatic heterocycles. The molecule has 0 saturated heterocycles. The number of benzene rings is 1. The number of hydrogen-bond acceptors (Lipinski definition) is 3. The Morgan fingerprint density at radius 2 is 1.68 bits per heavy atom. The summed E-state index contributed by atoms with van der Waals surface area (Å²) in [5.74, 6) is -0.333. The lowest BCUT2D eigenvalue weighted by Crippen LogP contribution is -2.35. The van der Waals surface area contributed by atoms with Crippen molar-refractivity contribution in [1.82, 2.24) is 10.6 Å². The van der Waals surface area contributed by atoms with E-state index in [1.165, 1.54) is 0 Å². The van der Waals surface area contributed by atoms with E-state index in [-0.39, 0.29) is 42.9 Å². The molecule has 0 aliphatic rings. The number of carbonyl (C=O) groups is 3. The van der Waals surface area contributed by atoms with Crippen LogP contribution in [0.5, 0.6) is 0 Å². The smallest absolute Gasteiger partial charge is 0.221 e. The van der Waals surface area contributed by atoms with Gasteiger partial charge in [-0.3, -0.25) is 14.4 Å². The van der Waals surface area contributed by atoms with E-state index in [2.05, 4.69) is 10.6 Å². The van der Waals surface area contributed by atoms with Gasteiger partial charge in [0.05, 0.1) is 0 Å². The Morgan fingerprint density at radius 3 is 2.32 bits per heavy atom. The minimum atomic E-state index is -0.208. The number of Topliss-reactive ketones (excluding diaryl/α,β-unsaturated/α-hetero) is 1. The Hall–Kier alpha value is -2.17. The lowest BCUT2D eigenvalue weighted by atomic mass is 10.1. The van der Waals surface area contributed by atoms with Gasteiger partial charge in [0.25, 0.3) is 0 Å². The molecular weight excluding hydrogens is 280 g/mol. The van der Waals surface area contributed by atoms with Crippen molar-refractivity contribution in [2.24, 2.45) is 0 Å². The highest BCUT2D eigenvalue weighted by atomic mass is 16.2. The number of rotatable bonds is 9. The average Bonchev–Trinajstić information content (AvgIpc) is 2.53. The van der Waals surface area contributed by atoms with E-state index in [0.717, 1.165) is 6.42 Å². The molecule has 0 saturated carbocycles. The van der Waals surface area contributed by atoms with Gasteiger partial charge in [-0.05, 0) is 13.3 Å². The van der Waals surface area contributed by atoms with Crippen LogP contribution in [0.25, 0.3) is 0 Å². The van der Waals surface area contributed by atoms with Crippen LogP contribution >= 0.6 is 0 Å². The molecule has 1 atom stereocenters. The quantitative estimate of drug-likeness (QED) is 0.686. The Morgan fingerprint density at radius 1 is 1.00 bits per heavy atom. The molecule has 0 bridgehead atoms. The number of ketones is 1. The van der Waals surface area contributed by atoms with Crippen molar-refractivity contribution < 1.29 is 14.4 Å². The Labute approximate surface area is 131 Å². The maximum atomic E-state index is 11.8. The molecule has 1 rings (SSSR count). The molecule has 0 radical (unpaired) electrons. The zero-order valence-corrected chi connectivity index (χ0v) is 13.2. The van der Waals surface area contributed by atoms with Gasteiger partial charge in [-0.15, -0.1) is 0 Å². The first kappa shape index (κ1) is 17.9. The van der Waals surface area contributed by atoms with E-state index in [9.17, 15) is 14.4 Å². The van der Waals surface area contributed by atoms with E-state index in [4.69, 9.17) is 0 Å². The molecular formula is C17H24N2O3. The summed E-state index contributed by atoms with van der Waals surface area (Å²) in [6.45, 7) is 4.22. The fourth-order valence-corrected chi connectivity index (χ4v) is 1.85. The summed E-state index contributed by atoms with van der Waals surface area (Å²) in [6.07, 6.45) is 1.44. The summed E-state index contributed by atoms with van der Waals surface area (Å²) in [4.78, 5) is 35.0. The Balaban J connectivity index is 2.19. The normalized spacial score (nSPS) is 11.5. The highest BCUT2D eigenvalue weighted by molar-refractivity contribution is 5.97. The summed E-state index contributed by atoms with van der Waals surface area (Å²) in [5, 5.41) is 5.49. The average molecular weight is 304 g/mol. The maximum Gasteiger partial charge on any atom is 0.221 e. The van der Waals surface area contributed by atoms with Gasteiger partial charge in [0.15, 0.2) is 5.78 Å². The van der Waals surface area contributed by atoms with Crippen LogP contribution in [0, 0.1) is 0 Å². The van der Waals surface area contributed by atoms with Crippen LogP contribution in [0.2, 0.25) is 0 Å². The molecule has 1 aromatic carbocycles. The second-order valence-electron chi connectivity index (χ2n) is 5.27. The van der Waals surface area contributed by atoms with Crippen LogP contribution in [0.3, 0.4) is 0 Å². The van der Waals surface area contributed by atoms with Crippen LogP contribution in [0.4, 0.5) is 0 Å². The van der Waals surface area contributed by atoms with Crippen LogP contribution in [-0.4, -0.2) is 30.2 Å². The molecule has 0 aliphatic heterocycles. The minimum Gasteiger partial charge on any atom is -0.356 e. The van der Waals surface area contributed by atoms with Crippen LogP contribution in [0.1, 0.15) is 49.9 Å². The van der Waals surface area contributed by atoms with Gasteiger partial charge in [0.2, 0.25) is 11.8 Å². The first-order valence-corrected chi connectivity index (χ1v) is 7.67. The third-order valence-electron chi connectivity index (χ3n) is 3.37. The van der Waals surface area contributed by atoms with Crippen LogP contribution in [0.15, 0.2) is 30.3 Å². The van der Waals surface area contributed by atoms with Crippen molar-refractivity contribution in [3.05, 3.63) is 35.9 Å². The summed E-state index contributed by atoms with van der Waals surface area (Å²) in [5.41, 5.74) is 0.614. The first-order chi connectivity index (χ1) is 10.5. The van der Waals surface area contributed by atoms with Crippen LogP contribution < -0.4 is 10.6 Å². The SMILES string of the molecule is CCC(C)NC(=O)CCNC(=O)CCC(=O)c1ccccc1. The third-order valence-corrected chi connectivity index (χ3v) is 3.37. The van der Waals surface area contributed by atoms with Gasteiger partial charge in [-0.2, -0.15) is 0 Å². The lowest BCUT2D eigenvalue weighted by molar-refractivity contribution is -0.122. The zero-order valence-electron chi connectivity index (χ0n) is 13.2.